The van der Waals surface area contributed by atoms with E-state index in [-0.39, 0.29) is 24.2 Å². The standard InChI is InChI=1S/C16H17N3O5S/c1-10(20)17-16-18-11(9-25-16)8-24-15(22)12-4-2-6-19(12)14(21)13-5-3-7-23-13/h3,5,7,9,12H,2,4,6,8H2,1H3,(H,17,18,20)/t12-/m0/s1. The molecular formula is C16H17N3O5S. The van der Waals surface area contributed by atoms with Gasteiger partial charge in [-0.1, -0.05) is 0 Å². The largest absolute Gasteiger partial charge is 0.459 e. The monoisotopic (exact) mass is 363 g/mol. The van der Waals surface area contributed by atoms with Gasteiger partial charge in [0.1, 0.15) is 12.6 Å². The lowest BCUT2D eigenvalue weighted by Gasteiger charge is -2.22. The van der Waals surface area contributed by atoms with Crippen LogP contribution in [0.1, 0.15) is 36.0 Å². The molecule has 2 amide bonds. The van der Waals surface area contributed by atoms with Gasteiger partial charge >= 0.3 is 5.97 Å². The summed E-state index contributed by atoms with van der Waals surface area (Å²) >= 11 is 1.25. The Morgan fingerprint density at radius 3 is 3.04 bits per heavy atom. The molecule has 8 nitrogen and oxygen atoms in total. The van der Waals surface area contributed by atoms with Crippen molar-refractivity contribution in [3.05, 3.63) is 35.2 Å². The van der Waals surface area contributed by atoms with Crippen LogP contribution >= 0.6 is 11.3 Å². The first kappa shape index (κ1) is 17.2. The van der Waals surface area contributed by atoms with E-state index in [1.165, 1.54) is 29.4 Å². The fourth-order valence-electron chi connectivity index (χ4n) is 2.62. The van der Waals surface area contributed by atoms with Crippen molar-refractivity contribution >= 4 is 34.3 Å². The molecule has 2 aromatic rings. The number of aromatic nitrogens is 1. The summed E-state index contributed by atoms with van der Waals surface area (Å²) < 4.78 is 10.4. The van der Waals surface area contributed by atoms with Crippen molar-refractivity contribution in [1.82, 2.24) is 9.88 Å². The van der Waals surface area contributed by atoms with Crippen LogP contribution in [0.5, 0.6) is 0 Å². The fourth-order valence-corrected chi connectivity index (χ4v) is 3.36. The number of rotatable bonds is 5. The maximum Gasteiger partial charge on any atom is 0.329 e. The van der Waals surface area contributed by atoms with Crippen LogP contribution < -0.4 is 5.32 Å². The summed E-state index contributed by atoms with van der Waals surface area (Å²) in [6.45, 7) is 1.88. The van der Waals surface area contributed by atoms with E-state index in [4.69, 9.17) is 9.15 Å². The lowest BCUT2D eigenvalue weighted by atomic mass is 10.2. The molecule has 0 radical (unpaired) electrons. The number of likely N-dealkylation sites (tertiary alicyclic amines) is 1. The van der Waals surface area contributed by atoms with Crippen molar-refractivity contribution in [2.75, 3.05) is 11.9 Å². The van der Waals surface area contributed by atoms with E-state index in [0.717, 1.165) is 6.42 Å². The minimum absolute atomic E-state index is 0.00575. The number of furan rings is 1. The summed E-state index contributed by atoms with van der Waals surface area (Å²) in [6.07, 6.45) is 2.71. The maximum atomic E-state index is 12.4. The predicted molar refractivity (Wildman–Crippen MR) is 89.0 cm³/mol. The Bertz CT molecular complexity index is 771. The highest BCUT2D eigenvalue weighted by Gasteiger charge is 2.36. The molecular weight excluding hydrogens is 346 g/mol. The summed E-state index contributed by atoms with van der Waals surface area (Å²) in [4.78, 5) is 41.3. The van der Waals surface area contributed by atoms with Gasteiger partial charge in [-0.25, -0.2) is 9.78 Å². The van der Waals surface area contributed by atoms with E-state index in [9.17, 15) is 14.4 Å². The van der Waals surface area contributed by atoms with Crippen LogP contribution in [0.15, 0.2) is 28.2 Å². The molecule has 9 heteroatoms. The lowest BCUT2D eigenvalue weighted by Crippen LogP contribution is -2.41. The summed E-state index contributed by atoms with van der Waals surface area (Å²) in [5, 5.41) is 4.73. The maximum absolute atomic E-state index is 12.4. The van der Waals surface area contributed by atoms with Gasteiger partial charge in [0.15, 0.2) is 10.9 Å². The molecule has 25 heavy (non-hydrogen) atoms. The molecule has 1 saturated heterocycles. The Hall–Kier alpha value is -2.68. The molecule has 1 fully saturated rings. The van der Waals surface area contributed by atoms with Gasteiger partial charge in [0.2, 0.25) is 5.91 Å². The van der Waals surface area contributed by atoms with Gasteiger partial charge in [0.25, 0.3) is 5.91 Å². The van der Waals surface area contributed by atoms with Crippen molar-refractivity contribution in [3.8, 4) is 0 Å². The highest BCUT2D eigenvalue weighted by atomic mass is 32.1. The average molecular weight is 363 g/mol. The Labute approximate surface area is 147 Å². The number of anilines is 1. The molecule has 0 saturated carbocycles. The number of nitrogens with one attached hydrogen (secondary N) is 1. The molecule has 1 N–H and O–H groups in total. The van der Waals surface area contributed by atoms with E-state index in [2.05, 4.69) is 10.3 Å². The minimum Gasteiger partial charge on any atom is -0.459 e. The second-order valence-electron chi connectivity index (χ2n) is 5.57. The Morgan fingerprint density at radius 2 is 2.32 bits per heavy atom. The third-order valence-corrected chi connectivity index (χ3v) is 4.52. The van der Waals surface area contributed by atoms with Crippen molar-refractivity contribution in [2.24, 2.45) is 0 Å². The quantitative estimate of drug-likeness (QED) is 0.816. The number of hydrogen-bond acceptors (Lipinski definition) is 7. The van der Waals surface area contributed by atoms with Gasteiger partial charge < -0.3 is 19.4 Å². The van der Waals surface area contributed by atoms with E-state index in [1.807, 2.05) is 0 Å². The number of nitrogens with zero attached hydrogens (tertiary/aromatic N) is 2. The zero-order chi connectivity index (χ0) is 17.8. The lowest BCUT2D eigenvalue weighted by molar-refractivity contribution is -0.149. The molecule has 132 valence electrons. The number of carbonyl (C=O) groups excluding carboxylic acids is 3. The van der Waals surface area contributed by atoms with Crippen molar-refractivity contribution in [2.45, 2.75) is 32.4 Å². The molecule has 1 aliphatic heterocycles. The number of carbonyl (C=O) groups is 3. The van der Waals surface area contributed by atoms with Gasteiger partial charge in [0, 0.05) is 18.8 Å². The van der Waals surface area contributed by atoms with E-state index >= 15 is 0 Å². The molecule has 2 aromatic heterocycles. The summed E-state index contributed by atoms with van der Waals surface area (Å²) in [7, 11) is 0. The molecule has 0 spiro atoms. The van der Waals surface area contributed by atoms with Crippen LogP contribution in [0.2, 0.25) is 0 Å². The molecule has 1 atom stereocenters. The zero-order valence-corrected chi connectivity index (χ0v) is 14.4. The average Bonchev–Trinajstić information content (AvgIpc) is 3.32. The first-order chi connectivity index (χ1) is 12.0. The third kappa shape index (κ3) is 4.05. The van der Waals surface area contributed by atoms with Gasteiger partial charge in [-0.15, -0.1) is 11.3 Å². The van der Waals surface area contributed by atoms with Gasteiger partial charge in [-0.05, 0) is 25.0 Å². The summed E-state index contributed by atoms with van der Waals surface area (Å²) in [5.74, 6) is -0.785. The van der Waals surface area contributed by atoms with E-state index in [0.29, 0.717) is 23.8 Å². The van der Waals surface area contributed by atoms with E-state index < -0.39 is 12.0 Å². The smallest absolute Gasteiger partial charge is 0.329 e. The van der Waals surface area contributed by atoms with Crippen molar-refractivity contribution in [3.63, 3.8) is 0 Å². The third-order valence-electron chi connectivity index (χ3n) is 3.71. The Kier molecular flexibility index (Phi) is 5.13. The molecule has 1 aliphatic rings. The number of thiazole rings is 1. The fraction of sp³-hybridized carbons (Fsp3) is 0.375. The topological polar surface area (TPSA) is 102 Å². The van der Waals surface area contributed by atoms with Crippen molar-refractivity contribution in [1.29, 1.82) is 0 Å². The molecule has 0 aliphatic carbocycles. The van der Waals surface area contributed by atoms with Gasteiger partial charge in [-0.3, -0.25) is 9.59 Å². The zero-order valence-electron chi connectivity index (χ0n) is 13.6. The molecule has 3 heterocycles. The second-order valence-corrected chi connectivity index (χ2v) is 6.42. The normalized spacial score (nSPS) is 16.7. The highest BCUT2D eigenvalue weighted by molar-refractivity contribution is 7.13. The molecule has 0 unspecified atom stereocenters. The van der Waals surface area contributed by atoms with Gasteiger partial charge in [0.05, 0.1) is 12.0 Å². The highest BCUT2D eigenvalue weighted by Crippen LogP contribution is 2.22. The molecule has 0 bridgehead atoms. The molecule has 0 aromatic carbocycles. The number of amides is 2. The van der Waals surface area contributed by atoms with Crippen LogP contribution in [-0.4, -0.2) is 40.3 Å². The SMILES string of the molecule is CC(=O)Nc1nc(COC(=O)[C@@H]2CCCN2C(=O)c2ccco2)cs1. The van der Waals surface area contributed by atoms with Gasteiger partial charge in [-0.2, -0.15) is 0 Å². The van der Waals surface area contributed by atoms with Crippen LogP contribution in [-0.2, 0) is 20.9 Å². The van der Waals surface area contributed by atoms with Crippen molar-refractivity contribution < 1.29 is 23.5 Å². The predicted octanol–water partition coefficient (Wildman–Crippen LogP) is 2.04. The molecule has 3 rings (SSSR count). The number of hydrogen-bond donors (Lipinski definition) is 1. The van der Waals surface area contributed by atoms with E-state index in [1.54, 1.807) is 17.5 Å². The van der Waals surface area contributed by atoms with Crippen LogP contribution in [0, 0.1) is 0 Å². The summed E-state index contributed by atoms with van der Waals surface area (Å²) in [5.41, 5.74) is 0.545. The first-order valence-electron chi connectivity index (χ1n) is 7.77. The van der Waals surface area contributed by atoms with Crippen LogP contribution in [0.3, 0.4) is 0 Å². The first-order valence-corrected chi connectivity index (χ1v) is 8.65. The van der Waals surface area contributed by atoms with Crippen LogP contribution in [0.25, 0.3) is 0 Å². The van der Waals surface area contributed by atoms with Crippen LogP contribution in [0.4, 0.5) is 5.13 Å². The minimum atomic E-state index is -0.619. The number of esters is 1. The number of ether oxygens (including phenoxy) is 1. The second kappa shape index (κ2) is 7.47. The Morgan fingerprint density at radius 1 is 1.48 bits per heavy atom. The Balaban J connectivity index is 1.57. The summed E-state index contributed by atoms with van der Waals surface area (Å²) in [6, 6.07) is 2.58.